The van der Waals surface area contributed by atoms with Gasteiger partial charge in [0.05, 0.1) is 0 Å². The van der Waals surface area contributed by atoms with E-state index < -0.39 is 0 Å². The highest BCUT2D eigenvalue weighted by Gasteiger charge is 2.16. The summed E-state index contributed by atoms with van der Waals surface area (Å²) in [6, 6.07) is 4.61. The zero-order valence-corrected chi connectivity index (χ0v) is 12.2. The van der Waals surface area contributed by atoms with Crippen LogP contribution in [0.5, 0.6) is 5.75 Å². The molecule has 2 nitrogen and oxygen atoms in total. The van der Waals surface area contributed by atoms with Crippen LogP contribution in [0.2, 0.25) is 5.02 Å². The SMILES string of the molecule is Cc1cc(Cl)c(C(C)C)cc1OC[C@@H]1CCCN1. The summed E-state index contributed by atoms with van der Waals surface area (Å²) in [5.41, 5.74) is 2.28. The molecule has 0 radical (unpaired) electrons. The van der Waals surface area contributed by atoms with Gasteiger partial charge in [0, 0.05) is 11.1 Å². The van der Waals surface area contributed by atoms with Crippen LogP contribution in [0, 0.1) is 6.92 Å². The first-order chi connectivity index (χ1) is 8.58. The van der Waals surface area contributed by atoms with Crippen molar-refractivity contribution in [2.45, 2.75) is 45.6 Å². The van der Waals surface area contributed by atoms with Gasteiger partial charge >= 0.3 is 0 Å². The number of halogens is 1. The Bertz CT molecular complexity index is 411. The fourth-order valence-electron chi connectivity index (χ4n) is 2.36. The molecule has 100 valence electrons. The first kappa shape index (κ1) is 13.7. The Kier molecular flexibility index (Phi) is 4.52. The molecule has 1 aliphatic heterocycles. The minimum atomic E-state index is 0.421. The second-order valence-electron chi connectivity index (χ2n) is 5.40. The van der Waals surface area contributed by atoms with E-state index in [4.69, 9.17) is 16.3 Å². The fraction of sp³-hybridized carbons (Fsp3) is 0.600. The molecule has 18 heavy (non-hydrogen) atoms. The maximum absolute atomic E-state index is 6.26. The number of hydrogen-bond acceptors (Lipinski definition) is 2. The van der Waals surface area contributed by atoms with Gasteiger partial charge < -0.3 is 10.1 Å². The highest BCUT2D eigenvalue weighted by molar-refractivity contribution is 6.31. The molecule has 1 atom stereocenters. The van der Waals surface area contributed by atoms with Crippen LogP contribution >= 0.6 is 11.6 Å². The molecule has 1 saturated heterocycles. The van der Waals surface area contributed by atoms with E-state index in [9.17, 15) is 0 Å². The lowest BCUT2D eigenvalue weighted by Crippen LogP contribution is -2.28. The molecule has 1 aliphatic rings. The minimum Gasteiger partial charge on any atom is -0.492 e. The van der Waals surface area contributed by atoms with E-state index in [1.54, 1.807) is 0 Å². The van der Waals surface area contributed by atoms with Gasteiger partial charge in [0.2, 0.25) is 0 Å². The van der Waals surface area contributed by atoms with Crippen molar-refractivity contribution >= 4 is 11.6 Å². The van der Waals surface area contributed by atoms with Crippen molar-refractivity contribution in [3.05, 3.63) is 28.3 Å². The predicted octanol–water partition coefficient (Wildman–Crippen LogP) is 3.90. The van der Waals surface area contributed by atoms with Crippen LogP contribution in [0.25, 0.3) is 0 Å². The van der Waals surface area contributed by atoms with E-state index in [2.05, 4.69) is 25.2 Å². The molecule has 0 unspecified atom stereocenters. The average Bonchev–Trinajstić information content (AvgIpc) is 2.80. The van der Waals surface area contributed by atoms with Crippen LogP contribution < -0.4 is 10.1 Å². The molecular weight excluding hydrogens is 246 g/mol. The molecule has 1 heterocycles. The number of rotatable bonds is 4. The first-order valence-electron chi connectivity index (χ1n) is 6.74. The van der Waals surface area contributed by atoms with Crippen molar-refractivity contribution in [3.63, 3.8) is 0 Å². The summed E-state index contributed by atoms with van der Waals surface area (Å²) in [4.78, 5) is 0. The largest absolute Gasteiger partial charge is 0.492 e. The molecule has 1 aromatic carbocycles. The van der Waals surface area contributed by atoms with Gasteiger partial charge in [-0.15, -0.1) is 0 Å². The van der Waals surface area contributed by atoms with E-state index in [0.717, 1.165) is 35.1 Å². The molecule has 0 aliphatic carbocycles. The summed E-state index contributed by atoms with van der Waals surface area (Å²) >= 11 is 6.26. The van der Waals surface area contributed by atoms with Crippen molar-refractivity contribution in [2.75, 3.05) is 13.2 Å². The molecule has 1 N–H and O–H groups in total. The number of benzene rings is 1. The van der Waals surface area contributed by atoms with E-state index in [1.807, 2.05) is 13.0 Å². The summed E-state index contributed by atoms with van der Waals surface area (Å²) in [5.74, 6) is 1.39. The smallest absolute Gasteiger partial charge is 0.122 e. The second-order valence-corrected chi connectivity index (χ2v) is 5.81. The van der Waals surface area contributed by atoms with Gasteiger partial charge in [-0.3, -0.25) is 0 Å². The molecule has 3 heteroatoms. The van der Waals surface area contributed by atoms with Crippen LogP contribution in [0.15, 0.2) is 12.1 Å². The Balaban J connectivity index is 2.08. The molecule has 0 spiro atoms. The Morgan fingerprint density at radius 2 is 2.22 bits per heavy atom. The summed E-state index contributed by atoms with van der Waals surface area (Å²) in [5, 5.41) is 4.29. The fourth-order valence-corrected chi connectivity index (χ4v) is 2.79. The van der Waals surface area contributed by atoms with Gasteiger partial charge in [-0.25, -0.2) is 0 Å². The van der Waals surface area contributed by atoms with E-state index in [-0.39, 0.29) is 0 Å². The zero-order valence-electron chi connectivity index (χ0n) is 11.4. The van der Waals surface area contributed by atoms with Crippen molar-refractivity contribution in [3.8, 4) is 5.75 Å². The molecule has 0 amide bonds. The second kappa shape index (κ2) is 5.94. The summed E-state index contributed by atoms with van der Waals surface area (Å²) in [7, 11) is 0. The van der Waals surface area contributed by atoms with Crippen molar-refractivity contribution in [2.24, 2.45) is 0 Å². The molecule has 1 fully saturated rings. The summed E-state index contributed by atoms with van der Waals surface area (Å²) in [6.07, 6.45) is 2.47. The maximum Gasteiger partial charge on any atom is 0.122 e. The lowest BCUT2D eigenvalue weighted by molar-refractivity contribution is 0.275. The van der Waals surface area contributed by atoms with E-state index >= 15 is 0 Å². The Morgan fingerprint density at radius 3 is 2.83 bits per heavy atom. The molecule has 0 bridgehead atoms. The topological polar surface area (TPSA) is 21.3 Å². The van der Waals surface area contributed by atoms with Crippen molar-refractivity contribution < 1.29 is 4.74 Å². The monoisotopic (exact) mass is 267 g/mol. The van der Waals surface area contributed by atoms with Gasteiger partial charge in [-0.05, 0) is 55.5 Å². The van der Waals surface area contributed by atoms with E-state index in [0.29, 0.717) is 12.0 Å². The Hall–Kier alpha value is -0.730. The zero-order chi connectivity index (χ0) is 13.1. The minimum absolute atomic E-state index is 0.421. The number of aryl methyl sites for hydroxylation is 1. The first-order valence-corrected chi connectivity index (χ1v) is 7.12. The van der Waals surface area contributed by atoms with E-state index in [1.165, 1.54) is 12.8 Å². The molecular formula is C15H22ClNO. The standard InChI is InChI=1S/C15H22ClNO/c1-10(2)13-8-15(11(3)7-14(13)16)18-9-12-5-4-6-17-12/h7-8,10,12,17H,4-6,9H2,1-3H3/t12-/m0/s1. The summed E-state index contributed by atoms with van der Waals surface area (Å²) in [6.45, 7) is 8.22. The predicted molar refractivity (Wildman–Crippen MR) is 76.8 cm³/mol. The van der Waals surface area contributed by atoms with Crippen LogP contribution in [-0.4, -0.2) is 19.2 Å². The third kappa shape index (κ3) is 3.18. The third-order valence-electron chi connectivity index (χ3n) is 3.52. The van der Waals surface area contributed by atoms with Gasteiger partial charge in [0.15, 0.2) is 0 Å². The normalized spacial score (nSPS) is 19.5. The van der Waals surface area contributed by atoms with Crippen molar-refractivity contribution in [1.82, 2.24) is 5.32 Å². The lowest BCUT2D eigenvalue weighted by atomic mass is 10.0. The van der Waals surface area contributed by atoms with Gasteiger partial charge in [0.1, 0.15) is 12.4 Å². The lowest BCUT2D eigenvalue weighted by Gasteiger charge is -2.17. The highest BCUT2D eigenvalue weighted by atomic mass is 35.5. The van der Waals surface area contributed by atoms with Gasteiger partial charge in [-0.2, -0.15) is 0 Å². The molecule has 2 rings (SSSR count). The highest BCUT2D eigenvalue weighted by Crippen LogP contribution is 2.31. The summed E-state index contributed by atoms with van der Waals surface area (Å²) < 4.78 is 5.95. The number of ether oxygens (including phenoxy) is 1. The Labute approximate surface area is 115 Å². The molecule has 1 aromatic rings. The van der Waals surface area contributed by atoms with Crippen LogP contribution in [0.1, 0.15) is 43.7 Å². The quantitative estimate of drug-likeness (QED) is 0.893. The molecule has 0 aromatic heterocycles. The van der Waals surface area contributed by atoms with Gasteiger partial charge in [0.25, 0.3) is 0 Å². The third-order valence-corrected chi connectivity index (χ3v) is 3.85. The van der Waals surface area contributed by atoms with Crippen LogP contribution in [0.3, 0.4) is 0 Å². The number of nitrogens with one attached hydrogen (secondary N) is 1. The average molecular weight is 268 g/mol. The van der Waals surface area contributed by atoms with Crippen LogP contribution in [-0.2, 0) is 0 Å². The van der Waals surface area contributed by atoms with Crippen molar-refractivity contribution in [1.29, 1.82) is 0 Å². The number of hydrogen-bond donors (Lipinski definition) is 1. The molecule has 0 saturated carbocycles. The Morgan fingerprint density at radius 1 is 1.44 bits per heavy atom. The van der Waals surface area contributed by atoms with Gasteiger partial charge in [-0.1, -0.05) is 25.4 Å². The maximum atomic E-state index is 6.26. The van der Waals surface area contributed by atoms with Crippen LogP contribution in [0.4, 0.5) is 0 Å².